The largest absolute Gasteiger partial charge is 0.305 e. The minimum atomic E-state index is 0.558. The van der Waals surface area contributed by atoms with Crippen LogP contribution in [0.1, 0.15) is 57.4 Å². The number of hydrogen-bond donors (Lipinski definition) is 1. The Kier molecular flexibility index (Phi) is 6.53. The van der Waals surface area contributed by atoms with Crippen molar-refractivity contribution in [1.29, 1.82) is 0 Å². The van der Waals surface area contributed by atoms with Crippen molar-refractivity contribution in [3.8, 4) is 0 Å². The van der Waals surface area contributed by atoms with Crippen LogP contribution < -0.4 is 5.32 Å². The van der Waals surface area contributed by atoms with Crippen molar-refractivity contribution in [1.82, 2.24) is 10.2 Å². The average molecular weight is 295 g/mol. The summed E-state index contributed by atoms with van der Waals surface area (Å²) in [7, 11) is 0. The molecule has 1 N–H and O–H groups in total. The molecule has 1 heterocycles. The van der Waals surface area contributed by atoms with Gasteiger partial charge in [-0.3, -0.25) is 0 Å². The third kappa shape index (κ3) is 4.31. The quantitative estimate of drug-likeness (QED) is 0.769. The molecule has 1 aliphatic carbocycles. The highest BCUT2D eigenvalue weighted by Crippen LogP contribution is 2.37. The van der Waals surface area contributed by atoms with Gasteiger partial charge in [-0.2, -0.15) is 0 Å². The van der Waals surface area contributed by atoms with E-state index in [1.165, 1.54) is 30.6 Å². The summed E-state index contributed by atoms with van der Waals surface area (Å²) in [5.74, 6) is 0.841. The lowest BCUT2D eigenvalue weighted by Gasteiger charge is -2.30. The fourth-order valence-corrected chi connectivity index (χ4v) is 4.32. The number of nitrogens with one attached hydrogen (secondary N) is 1. The van der Waals surface area contributed by atoms with Crippen molar-refractivity contribution in [3.63, 3.8) is 0 Å². The molecule has 1 aromatic heterocycles. The van der Waals surface area contributed by atoms with Crippen molar-refractivity contribution in [2.75, 3.05) is 19.6 Å². The number of likely N-dealkylation sites (N-methyl/N-ethyl adjacent to an activating group) is 1. The maximum Gasteiger partial charge on any atom is 0.0445 e. The molecule has 2 nitrogen and oxygen atoms in total. The average Bonchev–Trinajstić information content (AvgIpc) is 3.14. The van der Waals surface area contributed by atoms with Gasteiger partial charge in [-0.05, 0) is 50.2 Å². The fourth-order valence-electron chi connectivity index (χ4n) is 3.44. The van der Waals surface area contributed by atoms with Crippen molar-refractivity contribution in [3.05, 3.63) is 22.4 Å². The normalized spacial score (nSPS) is 19.6. The SMILES string of the molecule is CCN(CC)CC(C)NC(c1cccs1)C1CCCC1. The number of nitrogens with zero attached hydrogens (tertiary/aromatic N) is 1. The zero-order chi connectivity index (χ0) is 14.4. The Morgan fingerprint density at radius 3 is 2.55 bits per heavy atom. The van der Waals surface area contributed by atoms with Gasteiger partial charge in [0.1, 0.15) is 0 Å². The van der Waals surface area contributed by atoms with Crippen molar-refractivity contribution in [2.24, 2.45) is 5.92 Å². The third-order valence-corrected chi connectivity index (χ3v) is 5.57. The van der Waals surface area contributed by atoms with Gasteiger partial charge >= 0.3 is 0 Å². The molecule has 0 aliphatic heterocycles. The van der Waals surface area contributed by atoms with Crippen LogP contribution in [0.2, 0.25) is 0 Å². The van der Waals surface area contributed by atoms with E-state index in [-0.39, 0.29) is 0 Å². The zero-order valence-corrected chi connectivity index (χ0v) is 14.1. The smallest absolute Gasteiger partial charge is 0.0445 e. The molecule has 1 aliphatic rings. The summed E-state index contributed by atoms with van der Waals surface area (Å²) in [6.45, 7) is 10.3. The summed E-state index contributed by atoms with van der Waals surface area (Å²) in [6.07, 6.45) is 5.62. The lowest BCUT2D eigenvalue weighted by atomic mass is 9.96. The second-order valence-corrected chi connectivity index (χ2v) is 7.07. The van der Waals surface area contributed by atoms with Gasteiger partial charge in [0.25, 0.3) is 0 Å². The first-order chi connectivity index (χ1) is 9.74. The Morgan fingerprint density at radius 1 is 1.30 bits per heavy atom. The highest BCUT2D eigenvalue weighted by atomic mass is 32.1. The highest BCUT2D eigenvalue weighted by Gasteiger charge is 2.28. The third-order valence-electron chi connectivity index (χ3n) is 4.61. The van der Waals surface area contributed by atoms with Gasteiger partial charge in [-0.15, -0.1) is 11.3 Å². The number of thiophene rings is 1. The monoisotopic (exact) mass is 294 g/mol. The van der Waals surface area contributed by atoms with Gasteiger partial charge in [0, 0.05) is 23.5 Å². The van der Waals surface area contributed by atoms with E-state index in [0.717, 1.165) is 25.6 Å². The first-order valence-electron chi connectivity index (χ1n) is 8.26. The number of hydrogen-bond acceptors (Lipinski definition) is 3. The van der Waals surface area contributed by atoms with E-state index in [4.69, 9.17) is 0 Å². The maximum atomic E-state index is 3.93. The van der Waals surface area contributed by atoms with Crippen molar-refractivity contribution >= 4 is 11.3 Å². The molecule has 0 radical (unpaired) electrons. The van der Waals surface area contributed by atoms with Gasteiger partial charge < -0.3 is 10.2 Å². The van der Waals surface area contributed by atoms with Crippen LogP contribution in [0.15, 0.2) is 17.5 Å². The van der Waals surface area contributed by atoms with Crippen LogP contribution in [-0.4, -0.2) is 30.6 Å². The molecule has 0 amide bonds. The van der Waals surface area contributed by atoms with E-state index in [0.29, 0.717) is 12.1 Å². The summed E-state index contributed by atoms with van der Waals surface area (Å²) in [4.78, 5) is 4.04. The molecule has 3 heteroatoms. The molecule has 0 bridgehead atoms. The summed E-state index contributed by atoms with van der Waals surface area (Å²) in [5.41, 5.74) is 0. The molecule has 0 aromatic carbocycles. The summed E-state index contributed by atoms with van der Waals surface area (Å²) >= 11 is 1.91. The van der Waals surface area contributed by atoms with Gasteiger partial charge in [-0.1, -0.05) is 32.8 Å². The Bertz CT molecular complexity index is 353. The molecular formula is C17H30N2S. The number of rotatable bonds is 8. The minimum absolute atomic E-state index is 0.558. The van der Waals surface area contributed by atoms with Gasteiger partial charge in [0.05, 0.1) is 0 Å². The van der Waals surface area contributed by atoms with Crippen LogP contribution in [0.5, 0.6) is 0 Å². The molecule has 0 saturated heterocycles. The summed E-state index contributed by atoms with van der Waals surface area (Å²) < 4.78 is 0. The van der Waals surface area contributed by atoms with Crippen LogP contribution in [0, 0.1) is 5.92 Å². The van der Waals surface area contributed by atoms with E-state index in [2.05, 4.69) is 48.5 Å². The summed E-state index contributed by atoms with van der Waals surface area (Å²) in [5, 5.41) is 6.15. The first kappa shape index (κ1) is 16.0. The predicted octanol–water partition coefficient (Wildman–Crippen LogP) is 4.30. The first-order valence-corrected chi connectivity index (χ1v) is 9.14. The molecule has 1 saturated carbocycles. The molecule has 20 heavy (non-hydrogen) atoms. The Hall–Kier alpha value is -0.380. The summed E-state index contributed by atoms with van der Waals surface area (Å²) in [6, 6.07) is 5.63. The van der Waals surface area contributed by atoms with E-state index < -0.39 is 0 Å². The van der Waals surface area contributed by atoms with Gasteiger partial charge in [0.2, 0.25) is 0 Å². The van der Waals surface area contributed by atoms with Crippen LogP contribution in [0.3, 0.4) is 0 Å². The molecule has 0 spiro atoms. The van der Waals surface area contributed by atoms with E-state index in [1.807, 2.05) is 11.3 Å². The van der Waals surface area contributed by atoms with Gasteiger partial charge in [0.15, 0.2) is 0 Å². The fraction of sp³-hybridized carbons (Fsp3) is 0.765. The second-order valence-electron chi connectivity index (χ2n) is 6.09. The van der Waals surface area contributed by atoms with E-state index in [1.54, 1.807) is 0 Å². The van der Waals surface area contributed by atoms with Crippen molar-refractivity contribution < 1.29 is 0 Å². The lowest BCUT2D eigenvalue weighted by molar-refractivity contribution is 0.245. The maximum absolute atomic E-state index is 3.93. The van der Waals surface area contributed by atoms with E-state index in [9.17, 15) is 0 Å². The lowest BCUT2D eigenvalue weighted by Crippen LogP contribution is -2.42. The molecule has 1 aromatic rings. The molecule has 2 unspecified atom stereocenters. The Labute approximate surface area is 128 Å². The Balaban J connectivity index is 1.96. The van der Waals surface area contributed by atoms with Crippen LogP contribution in [0.4, 0.5) is 0 Å². The topological polar surface area (TPSA) is 15.3 Å². The van der Waals surface area contributed by atoms with Crippen LogP contribution in [0.25, 0.3) is 0 Å². The molecule has 2 rings (SSSR count). The Morgan fingerprint density at radius 2 is 2.00 bits per heavy atom. The second kappa shape index (κ2) is 8.16. The van der Waals surface area contributed by atoms with Crippen LogP contribution >= 0.6 is 11.3 Å². The van der Waals surface area contributed by atoms with Gasteiger partial charge in [-0.25, -0.2) is 0 Å². The van der Waals surface area contributed by atoms with E-state index >= 15 is 0 Å². The molecule has 114 valence electrons. The minimum Gasteiger partial charge on any atom is -0.305 e. The van der Waals surface area contributed by atoms with Crippen molar-refractivity contribution in [2.45, 2.75) is 58.5 Å². The molecule has 1 fully saturated rings. The van der Waals surface area contributed by atoms with Crippen LogP contribution in [-0.2, 0) is 0 Å². The zero-order valence-electron chi connectivity index (χ0n) is 13.3. The highest BCUT2D eigenvalue weighted by molar-refractivity contribution is 7.10. The standard InChI is InChI=1S/C17H30N2S/c1-4-19(5-2)13-14(3)18-17(15-9-6-7-10-15)16-11-8-12-20-16/h8,11-12,14-15,17-18H,4-7,9-10,13H2,1-3H3. The molecular weight excluding hydrogens is 264 g/mol. The molecule has 2 atom stereocenters. The predicted molar refractivity (Wildman–Crippen MR) is 89.4 cm³/mol.